The quantitative estimate of drug-likeness (QED) is 0.921. The molecular weight excluding hydrogens is 272 g/mol. The van der Waals surface area contributed by atoms with E-state index in [0.717, 1.165) is 30.9 Å². The molecule has 0 bridgehead atoms. The fraction of sp³-hybridized carbons (Fsp3) is 0.632. The van der Waals surface area contributed by atoms with Gasteiger partial charge in [0.1, 0.15) is 0 Å². The highest BCUT2D eigenvalue weighted by molar-refractivity contribution is 5.94. The molecule has 0 spiro atoms. The number of hydrogen-bond donors (Lipinski definition) is 1. The third-order valence-electron chi connectivity index (χ3n) is 5.05. The van der Waals surface area contributed by atoms with Gasteiger partial charge in [-0.25, -0.2) is 0 Å². The molecule has 1 saturated heterocycles. The predicted octanol–water partition coefficient (Wildman–Crippen LogP) is 3.59. The number of carbonyl (C=O) groups excluding carboxylic acids is 1. The molecule has 1 amide bonds. The standard InChI is InChI=1S/C19H28N2O/c1-15-5-4-12-21(13-15)14-16-8-10-17(11-9-16)19(22)20-18-6-2-3-7-18/h8-11,15,18H,2-7,12-14H2,1H3,(H,20,22). The number of amides is 1. The van der Waals surface area contributed by atoms with E-state index in [0.29, 0.717) is 6.04 Å². The van der Waals surface area contributed by atoms with Gasteiger partial charge in [0.25, 0.3) is 5.91 Å². The third-order valence-corrected chi connectivity index (χ3v) is 5.05. The van der Waals surface area contributed by atoms with Crippen LogP contribution in [0.5, 0.6) is 0 Å². The number of nitrogens with zero attached hydrogens (tertiary/aromatic N) is 1. The molecule has 1 saturated carbocycles. The van der Waals surface area contributed by atoms with Gasteiger partial charge in [-0.3, -0.25) is 9.69 Å². The lowest BCUT2D eigenvalue weighted by Crippen LogP contribution is -2.34. The van der Waals surface area contributed by atoms with Gasteiger partial charge in [0.05, 0.1) is 0 Å². The van der Waals surface area contributed by atoms with Crippen molar-refractivity contribution in [1.29, 1.82) is 0 Å². The lowest BCUT2D eigenvalue weighted by atomic mass is 9.99. The number of hydrogen-bond acceptors (Lipinski definition) is 2. The fourth-order valence-corrected chi connectivity index (χ4v) is 3.79. The second-order valence-corrected chi connectivity index (χ2v) is 7.13. The van der Waals surface area contributed by atoms with Crippen molar-refractivity contribution >= 4 is 5.91 Å². The van der Waals surface area contributed by atoms with Gasteiger partial charge < -0.3 is 5.32 Å². The Bertz CT molecular complexity index is 491. The van der Waals surface area contributed by atoms with Crippen LogP contribution < -0.4 is 5.32 Å². The van der Waals surface area contributed by atoms with Crippen LogP contribution in [-0.2, 0) is 6.54 Å². The van der Waals surface area contributed by atoms with Crippen molar-refractivity contribution in [1.82, 2.24) is 10.2 Å². The molecule has 1 atom stereocenters. The summed E-state index contributed by atoms with van der Waals surface area (Å²) in [7, 11) is 0. The molecule has 120 valence electrons. The summed E-state index contributed by atoms with van der Waals surface area (Å²) >= 11 is 0. The maximum absolute atomic E-state index is 12.2. The molecule has 1 N–H and O–H groups in total. The highest BCUT2D eigenvalue weighted by Gasteiger charge is 2.18. The highest BCUT2D eigenvalue weighted by atomic mass is 16.1. The Hall–Kier alpha value is -1.35. The zero-order valence-corrected chi connectivity index (χ0v) is 13.7. The van der Waals surface area contributed by atoms with Gasteiger partial charge >= 0.3 is 0 Å². The molecule has 2 fully saturated rings. The van der Waals surface area contributed by atoms with Crippen LogP contribution in [0.3, 0.4) is 0 Å². The monoisotopic (exact) mass is 300 g/mol. The molecule has 0 aromatic heterocycles. The smallest absolute Gasteiger partial charge is 0.251 e. The summed E-state index contributed by atoms with van der Waals surface area (Å²) in [6, 6.07) is 8.58. The predicted molar refractivity (Wildman–Crippen MR) is 89.8 cm³/mol. The second-order valence-electron chi connectivity index (χ2n) is 7.13. The van der Waals surface area contributed by atoms with Crippen molar-refractivity contribution in [2.75, 3.05) is 13.1 Å². The Kier molecular flexibility index (Phi) is 5.14. The highest BCUT2D eigenvalue weighted by Crippen LogP contribution is 2.19. The van der Waals surface area contributed by atoms with E-state index >= 15 is 0 Å². The molecule has 3 rings (SSSR count). The number of benzene rings is 1. The van der Waals surface area contributed by atoms with Gasteiger partial charge in [-0.1, -0.05) is 31.9 Å². The average Bonchev–Trinajstić information content (AvgIpc) is 3.01. The number of piperidine rings is 1. The molecule has 1 heterocycles. The van der Waals surface area contributed by atoms with E-state index in [1.807, 2.05) is 12.1 Å². The van der Waals surface area contributed by atoms with E-state index in [4.69, 9.17) is 0 Å². The van der Waals surface area contributed by atoms with Crippen LogP contribution in [0, 0.1) is 5.92 Å². The minimum atomic E-state index is 0.0880. The number of nitrogens with one attached hydrogen (secondary N) is 1. The molecule has 1 aliphatic heterocycles. The lowest BCUT2D eigenvalue weighted by Gasteiger charge is -2.30. The Labute approximate surface area is 134 Å². The van der Waals surface area contributed by atoms with Crippen LogP contribution in [0.2, 0.25) is 0 Å². The van der Waals surface area contributed by atoms with Crippen LogP contribution in [0.15, 0.2) is 24.3 Å². The SMILES string of the molecule is CC1CCCN(Cc2ccc(C(=O)NC3CCCC3)cc2)C1. The van der Waals surface area contributed by atoms with Gasteiger partial charge in [-0.05, 0) is 55.8 Å². The number of likely N-dealkylation sites (tertiary alicyclic amines) is 1. The van der Waals surface area contributed by atoms with Crippen LogP contribution in [0.25, 0.3) is 0 Å². The maximum atomic E-state index is 12.2. The first-order valence-corrected chi connectivity index (χ1v) is 8.83. The first-order chi connectivity index (χ1) is 10.7. The Morgan fingerprint density at radius 2 is 1.86 bits per heavy atom. The minimum Gasteiger partial charge on any atom is -0.349 e. The molecule has 2 aliphatic rings. The van der Waals surface area contributed by atoms with Crippen molar-refractivity contribution in [3.8, 4) is 0 Å². The van der Waals surface area contributed by atoms with E-state index in [-0.39, 0.29) is 5.91 Å². The molecule has 1 aromatic rings. The minimum absolute atomic E-state index is 0.0880. The maximum Gasteiger partial charge on any atom is 0.251 e. The summed E-state index contributed by atoms with van der Waals surface area (Å²) in [5.41, 5.74) is 2.11. The summed E-state index contributed by atoms with van der Waals surface area (Å²) in [5.74, 6) is 0.898. The van der Waals surface area contributed by atoms with Gasteiger partial charge in [-0.15, -0.1) is 0 Å². The number of rotatable bonds is 4. The fourth-order valence-electron chi connectivity index (χ4n) is 3.79. The van der Waals surface area contributed by atoms with E-state index in [9.17, 15) is 4.79 Å². The van der Waals surface area contributed by atoms with E-state index in [2.05, 4.69) is 29.3 Å². The van der Waals surface area contributed by atoms with E-state index in [1.165, 1.54) is 44.3 Å². The first-order valence-electron chi connectivity index (χ1n) is 8.83. The van der Waals surface area contributed by atoms with Crippen LogP contribution in [0.4, 0.5) is 0 Å². The molecule has 3 nitrogen and oxygen atoms in total. The summed E-state index contributed by atoms with van der Waals surface area (Å²) < 4.78 is 0. The van der Waals surface area contributed by atoms with Gasteiger partial charge in [-0.2, -0.15) is 0 Å². The Morgan fingerprint density at radius 1 is 1.14 bits per heavy atom. The van der Waals surface area contributed by atoms with Crippen molar-refractivity contribution in [2.24, 2.45) is 5.92 Å². The summed E-state index contributed by atoms with van der Waals surface area (Å²) in [4.78, 5) is 14.8. The van der Waals surface area contributed by atoms with Gasteiger partial charge in [0, 0.05) is 24.7 Å². The van der Waals surface area contributed by atoms with E-state index < -0.39 is 0 Å². The van der Waals surface area contributed by atoms with Crippen molar-refractivity contribution in [2.45, 2.75) is 58.0 Å². The van der Waals surface area contributed by atoms with Crippen LogP contribution >= 0.6 is 0 Å². The zero-order valence-electron chi connectivity index (χ0n) is 13.7. The molecular formula is C19H28N2O. The molecule has 0 radical (unpaired) electrons. The van der Waals surface area contributed by atoms with Crippen LogP contribution in [0.1, 0.15) is 61.4 Å². The molecule has 1 aliphatic carbocycles. The van der Waals surface area contributed by atoms with Crippen molar-refractivity contribution < 1.29 is 4.79 Å². The molecule has 3 heteroatoms. The largest absolute Gasteiger partial charge is 0.349 e. The molecule has 1 aromatic carbocycles. The Balaban J connectivity index is 1.54. The first kappa shape index (κ1) is 15.5. The third kappa shape index (κ3) is 4.10. The van der Waals surface area contributed by atoms with Crippen molar-refractivity contribution in [3.63, 3.8) is 0 Å². The van der Waals surface area contributed by atoms with Gasteiger partial charge in [0.2, 0.25) is 0 Å². The zero-order chi connectivity index (χ0) is 15.4. The lowest BCUT2D eigenvalue weighted by molar-refractivity contribution is 0.0938. The Morgan fingerprint density at radius 3 is 2.55 bits per heavy atom. The van der Waals surface area contributed by atoms with Gasteiger partial charge in [0.15, 0.2) is 0 Å². The second kappa shape index (κ2) is 7.28. The normalized spacial score (nSPS) is 23.6. The van der Waals surface area contributed by atoms with Crippen molar-refractivity contribution in [3.05, 3.63) is 35.4 Å². The summed E-state index contributed by atoms with van der Waals surface area (Å²) in [6.45, 7) is 5.75. The van der Waals surface area contributed by atoms with Crippen LogP contribution in [-0.4, -0.2) is 29.9 Å². The summed E-state index contributed by atoms with van der Waals surface area (Å²) in [6.07, 6.45) is 7.43. The molecule has 22 heavy (non-hydrogen) atoms. The average molecular weight is 300 g/mol. The molecule has 1 unspecified atom stereocenters. The number of carbonyl (C=O) groups is 1. The van der Waals surface area contributed by atoms with E-state index in [1.54, 1.807) is 0 Å². The topological polar surface area (TPSA) is 32.3 Å². The summed E-state index contributed by atoms with van der Waals surface area (Å²) in [5, 5.41) is 3.15.